The molecule has 1 aliphatic heterocycles. The second-order valence-electron chi connectivity index (χ2n) is 13.4. The lowest BCUT2D eigenvalue weighted by atomic mass is 9.91. The molecule has 7 rings (SSSR count). The van der Waals surface area contributed by atoms with Crippen LogP contribution in [0.25, 0.3) is 11.1 Å². The van der Waals surface area contributed by atoms with E-state index in [1.165, 1.54) is 0 Å². The van der Waals surface area contributed by atoms with E-state index in [-0.39, 0.29) is 30.8 Å². The number of nitrogens with one attached hydrogen (secondary N) is 2. The molecule has 0 radical (unpaired) electrons. The Morgan fingerprint density at radius 3 is 2.20 bits per heavy atom. The van der Waals surface area contributed by atoms with Crippen molar-refractivity contribution in [2.75, 3.05) is 18.2 Å². The predicted octanol–water partition coefficient (Wildman–Crippen LogP) is 10.6. The van der Waals surface area contributed by atoms with Crippen molar-refractivity contribution in [1.29, 1.82) is 0 Å². The first kappa shape index (κ1) is 37.7. The van der Waals surface area contributed by atoms with Crippen LogP contribution in [-0.2, 0) is 22.6 Å². The van der Waals surface area contributed by atoms with Gasteiger partial charge in [-0.15, -0.1) is 11.8 Å². The molecule has 1 heterocycles. The van der Waals surface area contributed by atoms with Gasteiger partial charge in [0.2, 0.25) is 0 Å². The molecule has 4 unspecified atom stereocenters. The molecule has 0 bridgehead atoms. The summed E-state index contributed by atoms with van der Waals surface area (Å²) in [5.41, 5.74) is 6.46. The minimum atomic E-state index is -0.602. The third-order valence-corrected chi connectivity index (χ3v) is 10.7. The Kier molecular flexibility index (Phi) is 12.5. The van der Waals surface area contributed by atoms with E-state index in [1.807, 2.05) is 121 Å². The number of rotatable bonds is 13. The highest BCUT2D eigenvalue weighted by Gasteiger charge is 2.38. The van der Waals surface area contributed by atoms with Gasteiger partial charge in [-0.25, -0.2) is 4.79 Å². The third kappa shape index (κ3) is 9.75. The minimum absolute atomic E-state index is 0.0109. The van der Waals surface area contributed by atoms with Crippen LogP contribution in [0.15, 0.2) is 157 Å². The summed E-state index contributed by atoms with van der Waals surface area (Å²) >= 11 is 1.71. The van der Waals surface area contributed by atoms with Crippen LogP contribution in [0.5, 0.6) is 17.2 Å². The first-order chi connectivity index (χ1) is 26.9. The molecule has 1 fully saturated rings. The van der Waals surface area contributed by atoms with Gasteiger partial charge in [-0.2, -0.15) is 0 Å². The maximum absolute atomic E-state index is 12.8. The van der Waals surface area contributed by atoms with E-state index in [0.29, 0.717) is 23.7 Å². The number of urea groups is 1. The van der Waals surface area contributed by atoms with Gasteiger partial charge in [0, 0.05) is 34.4 Å². The van der Waals surface area contributed by atoms with E-state index in [2.05, 4.69) is 47.9 Å². The number of ether oxygens (including phenoxy) is 4. The monoisotopic (exact) mass is 752 g/mol. The quantitative estimate of drug-likeness (QED) is 0.101. The molecule has 6 aromatic rings. The van der Waals surface area contributed by atoms with Crippen LogP contribution < -0.4 is 20.1 Å². The molecule has 0 spiro atoms. The lowest BCUT2D eigenvalue weighted by Gasteiger charge is -2.41. The summed E-state index contributed by atoms with van der Waals surface area (Å²) in [4.78, 5) is 13.9. The summed E-state index contributed by atoms with van der Waals surface area (Å²) in [6, 6.07) is 48.9. The zero-order chi connectivity index (χ0) is 38.0. The molecular formula is C46H44N2O6S. The van der Waals surface area contributed by atoms with Crippen molar-refractivity contribution in [3.8, 4) is 28.4 Å². The molecule has 0 saturated carbocycles. The molecule has 0 aliphatic carbocycles. The Bertz CT molecular complexity index is 2160. The highest BCUT2D eigenvalue weighted by molar-refractivity contribution is 7.99. The number of carbonyl (C=O) groups is 1. The highest BCUT2D eigenvalue weighted by Crippen LogP contribution is 2.44. The van der Waals surface area contributed by atoms with E-state index in [0.717, 1.165) is 49.8 Å². The van der Waals surface area contributed by atoms with Gasteiger partial charge < -0.3 is 34.7 Å². The molecule has 0 aromatic heterocycles. The van der Waals surface area contributed by atoms with Crippen molar-refractivity contribution in [3.63, 3.8) is 0 Å². The Morgan fingerprint density at radius 2 is 1.44 bits per heavy atom. The maximum atomic E-state index is 12.8. The molecule has 2 amide bonds. The highest BCUT2D eigenvalue weighted by atomic mass is 32.2. The second kappa shape index (κ2) is 18.2. The largest absolute Gasteiger partial charge is 0.496 e. The molecule has 55 heavy (non-hydrogen) atoms. The maximum Gasteiger partial charge on any atom is 0.319 e. The van der Waals surface area contributed by atoms with E-state index >= 15 is 0 Å². The fourth-order valence-corrected chi connectivity index (χ4v) is 7.73. The average molecular weight is 753 g/mol. The first-order valence-corrected chi connectivity index (χ1v) is 19.3. The standard InChI is InChI=1S/C46H44N2O6S/c1-31-42(30-55-43-17-7-6-16-41(43)51-2)53-45(54-44(31)34-20-18-32(29-49)19-21-34)37-13-9-12-36(27-37)35-11-8-10-33(26-35)28-47-46(50)48-38-22-24-40(25-23-38)52-39-14-4-3-5-15-39/h3-27,31,42,44-45,49H,28-30H2,1-2H3,(H2,47,48,50). The summed E-state index contributed by atoms with van der Waals surface area (Å²) in [5.74, 6) is 3.04. The zero-order valence-corrected chi connectivity index (χ0v) is 31.6. The van der Waals surface area contributed by atoms with Crippen LogP contribution in [-0.4, -0.2) is 30.1 Å². The van der Waals surface area contributed by atoms with E-state index in [1.54, 1.807) is 18.9 Å². The van der Waals surface area contributed by atoms with Crippen molar-refractivity contribution >= 4 is 23.5 Å². The zero-order valence-electron chi connectivity index (χ0n) is 30.8. The van der Waals surface area contributed by atoms with Crippen molar-refractivity contribution < 1.29 is 28.8 Å². The van der Waals surface area contributed by atoms with Gasteiger partial charge in [0.05, 0.1) is 25.9 Å². The fourth-order valence-electron chi connectivity index (χ4n) is 6.53. The molecule has 9 heteroatoms. The Hall–Kier alpha value is -5.58. The van der Waals surface area contributed by atoms with Crippen LogP contribution in [0, 0.1) is 5.92 Å². The first-order valence-electron chi connectivity index (χ1n) is 18.3. The second-order valence-corrected chi connectivity index (χ2v) is 14.4. The van der Waals surface area contributed by atoms with Crippen molar-refractivity contribution in [2.45, 2.75) is 43.5 Å². The SMILES string of the molecule is COc1ccccc1SCC1OC(c2cccc(-c3cccc(CNC(=O)Nc4ccc(Oc5ccccc5)cc4)c3)c2)OC(c2ccc(CO)cc2)C1C. The lowest BCUT2D eigenvalue weighted by molar-refractivity contribution is -0.268. The molecule has 4 atom stereocenters. The molecule has 1 aliphatic rings. The van der Waals surface area contributed by atoms with E-state index in [9.17, 15) is 9.90 Å². The molecule has 8 nitrogen and oxygen atoms in total. The van der Waals surface area contributed by atoms with Gasteiger partial charge in [-0.1, -0.05) is 97.9 Å². The summed E-state index contributed by atoms with van der Waals surface area (Å²) in [6.45, 7) is 2.51. The van der Waals surface area contributed by atoms with Gasteiger partial charge in [0.15, 0.2) is 6.29 Å². The van der Waals surface area contributed by atoms with Crippen molar-refractivity contribution in [3.05, 3.63) is 174 Å². The Labute approximate surface area is 326 Å². The number of benzene rings is 6. The van der Waals surface area contributed by atoms with Crippen LogP contribution in [0.4, 0.5) is 10.5 Å². The number of carbonyl (C=O) groups excluding carboxylic acids is 1. The summed E-state index contributed by atoms with van der Waals surface area (Å²) in [6.07, 6.45) is -0.949. The van der Waals surface area contributed by atoms with Crippen LogP contribution >= 0.6 is 11.8 Å². The number of aliphatic hydroxyl groups excluding tert-OH is 1. The number of hydrogen-bond acceptors (Lipinski definition) is 7. The minimum Gasteiger partial charge on any atom is -0.496 e. The summed E-state index contributed by atoms with van der Waals surface area (Å²) < 4.78 is 25.0. The lowest BCUT2D eigenvalue weighted by Crippen LogP contribution is -2.38. The number of methoxy groups -OCH3 is 1. The number of hydrogen-bond donors (Lipinski definition) is 3. The third-order valence-electron chi connectivity index (χ3n) is 9.56. The Morgan fingerprint density at radius 1 is 0.727 bits per heavy atom. The number of para-hydroxylation sites is 2. The van der Waals surface area contributed by atoms with Crippen molar-refractivity contribution in [2.24, 2.45) is 5.92 Å². The fraction of sp³-hybridized carbons (Fsp3) is 0.196. The van der Waals surface area contributed by atoms with E-state index < -0.39 is 6.29 Å². The van der Waals surface area contributed by atoms with Gasteiger partial charge in [0.25, 0.3) is 0 Å². The van der Waals surface area contributed by atoms with Gasteiger partial charge in [0.1, 0.15) is 17.2 Å². The smallest absolute Gasteiger partial charge is 0.319 e. The normalized spacial score (nSPS) is 17.9. The number of amides is 2. The van der Waals surface area contributed by atoms with Crippen LogP contribution in [0.3, 0.4) is 0 Å². The molecule has 1 saturated heterocycles. The predicted molar refractivity (Wildman–Crippen MR) is 217 cm³/mol. The number of thioether (sulfide) groups is 1. The van der Waals surface area contributed by atoms with Gasteiger partial charge in [-0.05, 0) is 88.5 Å². The topological polar surface area (TPSA) is 98.3 Å². The molecule has 3 N–H and O–H groups in total. The average Bonchev–Trinajstić information content (AvgIpc) is 3.24. The van der Waals surface area contributed by atoms with E-state index in [4.69, 9.17) is 18.9 Å². The molecule has 6 aromatic carbocycles. The van der Waals surface area contributed by atoms with Crippen molar-refractivity contribution in [1.82, 2.24) is 5.32 Å². The van der Waals surface area contributed by atoms with Crippen LogP contribution in [0.1, 0.15) is 41.6 Å². The molecule has 280 valence electrons. The Balaban J connectivity index is 1.03. The summed E-state index contributed by atoms with van der Waals surface area (Å²) in [5, 5.41) is 15.5. The number of aliphatic hydroxyl groups is 1. The van der Waals surface area contributed by atoms with Gasteiger partial charge >= 0.3 is 6.03 Å². The molecular weight excluding hydrogens is 709 g/mol. The summed E-state index contributed by atoms with van der Waals surface area (Å²) in [7, 11) is 1.69. The van der Waals surface area contributed by atoms with Crippen LogP contribution in [0.2, 0.25) is 0 Å². The van der Waals surface area contributed by atoms with Gasteiger partial charge in [-0.3, -0.25) is 0 Å². The number of anilines is 1.